The Kier molecular flexibility index (Phi) is 4.70. The van der Waals surface area contributed by atoms with Gasteiger partial charge in [-0.25, -0.2) is 8.42 Å². The van der Waals surface area contributed by atoms with Crippen molar-refractivity contribution in [3.05, 3.63) is 24.3 Å². The van der Waals surface area contributed by atoms with Crippen LogP contribution in [-0.2, 0) is 9.84 Å². The molecule has 1 atom stereocenters. The second-order valence-electron chi connectivity index (χ2n) is 5.72. The van der Waals surface area contributed by atoms with E-state index in [0.717, 1.165) is 31.9 Å². The molecular weight excluding hydrogens is 272 g/mol. The fourth-order valence-electron chi connectivity index (χ4n) is 2.69. The van der Waals surface area contributed by atoms with Crippen LogP contribution in [0.1, 0.15) is 13.3 Å². The van der Waals surface area contributed by atoms with Crippen LogP contribution in [0.3, 0.4) is 0 Å². The predicted molar refractivity (Wildman–Crippen MR) is 83.0 cm³/mol. The van der Waals surface area contributed by atoms with Gasteiger partial charge in [-0.2, -0.15) is 0 Å². The zero-order chi connectivity index (χ0) is 14.8. The van der Waals surface area contributed by atoms with Crippen molar-refractivity contribution in [2.24, 2.45) is 5.92 Å². The maximum absolute atomic E-state index is 11.5. The van der Waals surface area contributed by atoms with Crippen molar-refractivity contribution in [2.45, 2.75) is 18.2 Å². The van der Waals surface area contributed by atoms with Crippen LogP contribution in [-0.4, -0.2) is 52.8 Å². The SMILES string of the molecule is CCN(C)CC1CCN(c2ccc(S(C)(=O)=O)cc2)C1. The van der Waals surface area contributed by atoms with Crippen molar-refractivity contribution in [3.8, 4) is 0 Å². The maximum atomic E-state index is 11.5. The molecule has 1 unspecified atom stereocenters. The van der Waals surface area contributed by atoms with E-state index in [2.05, 4.69) is 23.8 Å². The van der Waals surface area contributed by atoms with E-state index in [0.29, 0.717) is 10.8 Å². The van der Waals surface area contributed by atoms with Gasteiger partial charge in [0, 0.05) is 31.6 Å². The number of benzene rings is 1. The minimum Gasteiger partial charge on any atom is -0.371 e. The Morgan fingerprint density at radius 3 is 2.50 bits per heavy atom. The van der Waals surface area contributed by atoms with Crippen LogP contribution in [0.25, 0.3) is 0 Å². The van der Waals surface area contributed by atoms with Gasteiger partial charge < -0.3 is 9.80 Å². The normalized spacial score (nSPS) is 19.8. The quantitative estimate of drug-likeness (QED) is 0.832. The lowest BCUT2D eigenvalue weighted by atomic mass is 10.1. The van der Waals surface area contributed by atoms with E-state index in [1.807, 2.05) is 12.1 Å². The van der Waals surface area contributed by atoms with Crippen molar-refractivity contribution < 1.29 is 8.42 Å². The molecule has 1 aliphatic rings. The van der Waals surface area contributed by atoms with Gasteiger partial charge in [0.05, 0.1) is 4.90 Å². The second kappa shape index (κ2) is 6.14. The number of hydrogen-bond donors (Lipinski definition) is 0. The average molecular weight is 296 g/mol. The van der Waals surface area contributed by atoms with Crippen molar-refractivity contribution in [2.75, 3.05) is 44.4 Å². The second-order valence-corrected chi connectivity index (χ2v) is 7.74. The lowest BCUT2D eigenvalue weighted by Crippen LogP contribution is -2.28. The predicted octanol–water partition coefficient (Wildman–Crippen LogP) is 1.87. The van der Waals surface area contributed by atoms with Gasteiger partial charge in [0.2, 0.25) is 0 Å². The van der Waals surface area contributed by atoms with Gasteiger partial charge in [-0.3, -0.25) is 0 Å². The molecule has 1 aromatic carbocycles. The van der Waals surface area contributed by atoms with Crippen molar-refractivity contribution in [3.63, 3.8) is 0 Å². The van der Waals surface area contributed by atoms with E-state index >= 15 is 0 Å². The third-order valence-electron chi connectivity index (χ3n) is 4.03. The first kappa shape index (κ1) is 15.3. The zero-order valence-corrected chi connectivity index (χ0v) is 13.4. The first-order chi connectivity index (χ1) is 9.40. The molecular formula is C15H24N2O2S. The van der Waals surface area contributed by atoms with Crippen LogP contribution in [0.5, 0.6) is 0 Å². The number of anilines is 1. The van der Waals surface area contributed by atoms with E-state index in [9.17, 15) is 8.42 Å². The van der Waals surface area contributed by atoms with E-state index in [4.69, 9.17) is 0 Å². The molecule has 0 radical (unpaired) electrons. The summed E-state index contributed by atoms with van der Waals surface area (Å²) in [6, 6.07) is 7.25. The summed E-state index contributed by atoms with van der Waals surface area (Å²) >= 11 is 0. The standard InChI is InChI=1S/C15H24N2O2S/c1-4-16(2)11-13-9-10-17(12-13)14-5-7-15(8-6-14)20(3,18)19/h5-8,13H,4,9-12H2,1-3H3. The summed E-state index contributed by atoms with van der Waals surface area (Å²) in [6.07, 6.45) is 2.45. The van der Waals surface area contributed by atoms with Crippen LogP contribution in [0.2, 0.25) is 0 Å². The fraction of sp³-hybridized carbons (Fsp3) is 0.600. The molecule has 0 N–H and O–H groups in total. The minimum absolute atomic E-state index is 0.391. The molecule has 0 aliphatic carbocycles. The molecule has 1 aromatic rings. The molecule has 20 heavy (non-hydrogen) atoms. The van der Waals surface area contributed by atoms with Crippen LogP contribution in [0.4, 0.5) is 5.69 Å². The lowest BCUT2D eigenvalue weighted by molar-refractivity contribution is 0.300. The summed E-state index contributed by atoms with van der Waals surface area (Å²) in [5.41, 5.74) is 1.12. The third kappa shape index (κ3) is 3.73. The summed E-state index contributed by atoms with van der Waals surface area (Å²) in [7, 11) is -0.942. The van der Waals surface area contributed by atoms with E-state index in [1.54, 1.807) is 12.1 Å². The Hall–Kier alpha value is -1.07. The largest absolute Gasteiger partial charge is 0.371 e. The van der Waals surface area contributed by atoms with Crippen LogP contribution >= 0.6 is 0 Å². The minimum atomic E-state index is -3.10. The zero-order valence-electron chi connectivity index (χ0n) is 12.5. The van der Waals surface area contributed by atoms with Gasteiger partial charge in [0.1, 0.15) is 0 Å². The highest BCUT2D eigenvalue weighted by Gasteiger charge is 2.23. The summed E-state index contributed by atoms with van der Waals surface area (Å²) in [5, 5.41) is 0. The van der Waals surface area contributed by atoms with Crippen molar-refractivity contribution in [1.29, 1.82) is 0 Å². The fourth-order valence-corrected chi connectivity index (χ4v) is 3.32. The lowest BCUT2D eigenvalue weighted by Gasteiger charge is -2.21. The maximum Gasteiger partial charge on any atom is 0.175 e. The molecule has 0 spiro atoms. The summed E-state index contributed by atoms with van der Waals surface area (Å²) < 4.78 is 22.9. The van der Waals surface area contributed by atoms with E-state index in [-0.39, 0.29) is 0 Å². The Bertz CT molecular complexity index is 539. The highest BCUT2D eigenvalue weighted by atomic mass is 32.2. The Morgan fingerprint density at radius 2 is 1.95 bits per heavy atom. The van der Waals surface area contributed by atoms with Gasteiger partial charge in [-0.05, 0) is 50.2 Å². The van der Waals surface area contributed by atoms with Gasteiger partial charge in [0.15, 0.2) is 9.84 Å². The highest BCUT2D eigenvalue weighted by Crippen LogP contribution is 2.25. The molecule has 1 aliphatic heterocycles. The molecule has 112 valence electrons. The summed E-state index contributed by atoms with van der Waals surface area (Å²) in [5.74, 6) is 0.703. The third-order valence-corrected chi connectivity index (χ3v) is 5.15. The molecule has 5 heteroatoms. The first-order valence-corrected chi connectivity index (χ1v) is 9.03. The molecule has 1 heterocycles. The molecule has 1 saturated heterocycles. The number of hydrogen-bond acceptors (Lipinski definition) is 4. The molecule has 0 aromatic heterocycles. The van der Waals surface area contributed by atoms with Crippen molar-refractivity contribution in [1.82, 2.24) is 4.90 Å². The molecule has 4 nitrogen and oxygen atoms in total. The smallest absolute Gasteiger partial charge is 0.175 e. The Balaban J connectivity index is 2.00. The molecule has 0 bridgehead atoms. The van der Waals surface area contributed by atoms with Crippen molar-refractivity contribution >= 4 is 15.5 Å². The monoisotopic (exact) mass is 296 g/mol. The van der Waals surface area contributed by atoms with Gasteiger partial charge in [-0.15, -0.1) is 0 Å². The molecule has 0 amide bonds. The van der Waals surface area contributed by atoms with Crippen LogP contribution in [0.15, 0.2) is 29.2 Å². The number of sulfone groups is 1. The Labute approximate surface area is 122 Å². The first-order valence-electron chi connectivity index (χ1n) is 7.13. The van der Waals surface area contributed by atoms with E-state index in [1.165, 1.54) is 12.7 Å². The number of nitrogens with zero attached hydrogens (tertiary/aromatic N) is 2. The molecule has 2 rings (SSSR count). The van der Waals surface area contributed by atoms with E-state index < -0.39 is 9.84 Å². The molecule has 0 saturated carbocycles. The topological polar surface area (TPSA) is 40.6 Å². The van der Waals surface area contributed by atoms with Crippen LogP contribution < -0.4 is 4.90 Å². The van der Waals surface area contributed by atoms with Crippen LogP contribution in [0, 0.1) is 5.92 Å². The molecule has 1 fully saturated rings. The van der Waals surface area contributed by atoms with Gasteiger partial charge >= 0.3 is 0 Å². The van der Waals surface area contributed by atoms with Gasteiger partial charge in [0.25, 0.3) is 0 Å². The summed E-state index contributed by atoms with van der Waals surface area (Å²) in [4.78, 5) is 5.09. The highest BCUT2D eigenvalue weighted by molar-refractivity contribution is 7.90. The Morgan fingerprint density at radius 1 is 1.30 bits per heavy atom. The van der Waals surface area contributed by atoms with Gasteiger partial charge in [-0.1, -0.05) is 6.92 Å². The number of rotatable bonds is 5. The average Bonchev–Trinajstić information content (AvgIpc) is 2.86. The summed E-state index contributed by atoms with van der Waals surface area (Å²) in [6.45, 7) is 6.51.